The zero-order valence-electron chi connectivity index (χ0n) is 7.07. The summed E-state index contributed by atoms with van der Waals surface area (Å²) in [5.74, 6) is -0.517. The van der Waals surface area contributed by atoms with Crippen LogP contribution in [0.1, 0.15) is 21.5 Å². The molecule has 3 aliphatic rings. The van der Waals surface area contributed by atoms with Gasteiger partial charge in [0, 0.05) is 12.0 Å². The molecule has 1 aliphatic heterocycles. The van der Waals surface area contributed by atoms with Crippen molar-refractivity contribution in [3.8, 4) is 0 Å². The maximum atomic E-state index is 11.5. The van der Waals surface area contributed by atoms with Crippen LogP contribution in [0, 0.1) is 0 Å². The predicted octanol–water partition coefficient (Wildman–Crippen LogP) is -0.0880. The van der Waals surface area contributed by atoms with E-state index in [2.05, 4.69) is 0 Å². The number of hydrogen-bond donors (Lipinski definition) is 1. The number of hydrogen-bond acceptors (Lipinski definition) is 4. The first-order valence-corrected chi connectivity index (χ1v) is 5.63. The average Bonchev–Trinajstić information content (AvgIpc) is 2.14. The lowest BCUT2D eigenvalue weighted by molar-refractivity contribution is 0.0899. The fraction of sp³-hybridized carbons (Fsp3) is 0.222. The number of ketones is 1. The van der Waals surface area contributed by atoms with Crippen LogP contribution in [0.4, 0.5) is 0 Å². The molecule has 72 valence electrons. The second-order valence-corrected chi connectivity index (χ2v) is 5.30. The van der Waals surface area contributed by atoms with Gasteiger partial charge in [0.05, 0.1) is 9.79 Å². The molecule has 0 spiro atoms. The molecule has 0 saturated carbocycles. The van der Waals surface area contributed by atoms with Crippen LogP contribution in [-0.4, -0.2) is 25.9 Å². The molecule has 14 heavy (non-hydrogen) atoms. The number of carbonyl (C=O) groups is 1. The molecular formula is C9H6O4S. The largest absolute Gasteiger partial charge is 0.388 e. The van der Waals surface area contributed by atoms with E-state index in [4.69, 9.17) is 5.11 Å². The Morgan fingerprint density at radius 2 is 2.14 bits per heavy atom. The van der Waals surface area contributed by atoms with Gasteiger partial charge in [-0.2, -0.15) is 0 Å². The van der Waals surface area contributed by atoms with E-state index in [0.29, 0.717) is 16.9 Å². The summed E-state index contributed by atoms with van der Waals surface area (Å²) in [4.78, 5) is 11.8. The molecule has 1 N–H and O–H groups in total. The highest BCUT2D eigenvalue weighted by Crippen LogP contribution is 2.52. The summed E-state index contributed by atoms with van der Waals surface area (Å²) in [5, 5.41) is 8.67. The monoisotopic (exact) mass is 210 g/mol. The third kappa shape index (κ3) is 0.623. The van der Waals surface area contributed by atoms with Crippen molar-refractivity contribution >= 4 is 15.6 Å². The molecule has 4 bridgehead atoms. The molecule has 4 rings (SSSR count). The molecule has 1 aromatic rings. The van der Waals surface area contributed by atoms with Crippen molar-refractivity contribution in [3.05, 3.63) is 22.8 Å². The highest BCUT2D eigenvalue weighted by atomic mass is 32.2. The van der Waals surface area contributed by atoms with E-state index < -0.39 is 22.2 Å². The van der Waals surface area contributed by atoms with Crippen molar-refractivity contribution in [1.29, 1.82) is 0 Å². The lowest BCUT2D eigenvalue weighted by Crippen LogP contribution is -2.33. The lowest BCUT2D eigenvalue weighted by atomic mass is 9.87. The number of aliphatic hydroxyl groups excluding tert-OH is 1. The number of fused-ring (bicyclic) bond motifs is 1. The highest BCUT2D eigenvalue weighted by molar-refractivity contribution is 7.93. The molecule has 4 nitrogen and oxygen atoms in total. The summed E-state index contributed by atoms with van der Waals surface area (Å²) < 4.78 is 23.0. The maximum absolute atomic E-state index is 11.5. The number of sulfone groups is 1. The number of rotatable bonds is 2. The molecule has 0 aromatic heterocycles. The standard InChI is InChI=1S/C9H6O4S/c10-3-7(11)5-1-4-2-6-8(4)14(12,13)9(5)6/h1,10H,2-3H2. The predicted molar refractivity (Wildman–Crippen MR) is 46.1 cm³/mol. The van der Waals surface area contributed by atoms with Crippen molar-refractivity contribution in [1.82, 2.24) is 0 Å². The van der Waals surface area contributed by atoms with Gasteiger partial charge in [-0.15, -0.1) is 0 Å². The second kappa shape index (κ2) is 2.07. The quantitative estimate of drug-likeness (QED) is 0.600. The minimum absolute atomic E-state index is 0.154. The SMILES string of the molecule is O=C(CO)C1=C2C3=C(C(=C1)C3)S2(=O)=O. The van der Waals surface area contributed by atoms with Crippen LogP contribution in [-0.2, 0) is 16.3 Å². The van der Waals surface area contributed by atoms with Crippen LogP contribution in [0.2, 0.25) is 0 Å². The van der Waals surface area contributed by atoms with Crippen LogP contribution in [0.3, 0.4) is 0 Å². The number of carbonyl (C=O) groups excluding carboxylic acids is 1. The van der Waals surface area contributed by atoms with Crippen LogP contribution >= 0.6 is 0 Å². The van der Waals surface area contributed by atoms with Crippen LogP contribution in [0.25, 0.3) is 0 Å². The third-order valence-electron chi connectivity index (χ3n) is 2.75. The normalized spacial score (nSPS) is 18.4. The molecule has 0 fully saturated rings. The van der Waals surface area contributed by atoms with Gasteiger partial charge < -0.3 is 5.11 Å². The minimum Gasteiger partial charge on any atom is -0.388 e. The molecule has 0 unspecified atom stereocenters. The van der Waals surface area contributed by atoms with Gasteiger partial charge >= 0.3 is 0 Å². The molecular weight excluding hydrogens is 204 g/mol. The molecule has 0 radical (unpaired) electrons. The third-order valence-corrected chi connectivity index (χ3v) is 4.80. The molecule has 1 heterocycles. The van der Waals surface area contributed by atoms with Crippen molar-refractivity contribution in [2.75, 3.05) is 6.61 Å². The van der Waals surface area contributed by atoms with Crippen molar-refractivity contribution < 1.29 is 18.3 Å². The first-order valence-electron chi connectivity index (χ1n) is 4.15. The van der Waals surface area contributed by atoms with E-state index in [0.717, 1.165) is 5.56 Å². The zero-order valence-corrected chi connectivity index (χ0v) is 7.89. The number of benzene rings is 1. The lowest BCUT2D eigenvalue weighted by Gasteiger charge is -2.36. The van der Waals surface area contributed by atoms with Gasteiger partial charge in [-0.1, -0.05) is 0 Å². The Morgan fingerprint density at radius 1 is 1.43 bits per heavy atom. The zero-order chi connectivity index (χ0) is 10.1. The Kier molecular flexibility index (Phi) is 1.20. The smallest absolute Gasteiger partial charge is 0.208 e. The summed E-state index contributed by atoms with van der Waals surface area (Å²) in [6, 6.07) is 1.58. The maximum Gasteiger partial charge on any atom is 0.208 e. The topological polar surface area (TPSA) is 71.4 Å². The molecule has 5 heteroatoms. The average molecular weight is 210 g/mol. The molecule has 0 atom stereocenters. The number of aliphatic hydroxyl groups is 1. The van der Waals surface area contributed by atoms with E-state index in [1.165, 1.54) is 0 Å². The van der Waals surface area contributed by atoms with Crippen molar-refractivity contribution in [2.45, 2.75) is 16.2 Å². The Bertz CT molecular complexity index is 577. The first kappa shape index (κ1) is 8.14. The molecule has 2 aliphatic carbocycles. The van der Waals surface area contributed by atoms with Gasteiger partial charge in [-0.3, -0.25) is 4.79 Å². The fourth-order valence-electron chi connectivity index (χ4n) is 2.13. The second-order valence-electron chi connectivity index (χ2n) is 3.48. The van der Waals surface area contributed by atoms with E-state index in [-0.39, 0.29) is 10.5 Å². The highest BCUT2D eigenvalue weighted by Gasteiger charge is 2.48. The van der Waals surface area contributed by atoms with Gasteiger partial charge in [0.25, 0.3) is 0 Å². The molecule has 0 amide bonds. The van der Waals surface area contributed by atoms with Gasteiger partial charge in [0.1, 0.15) is 6.61 Å². The Labute approximate surface area is 80.1 Å². The molecule has 1 aromatic carbocycles. The van der Waals surface area contributed by atoms with E-state index in [1.807, 2.05) is 0 Å². The van der Waals surface area contributed by atoms with Gasteiger partial charge in [0.15, 0.2) is 5.78 Å². The Hall–Kier alpha value is -1.20. The van der Waals surface area contributed by atoms with Gasteiger partial charge in [0.2, 0.25) is 9.84 Å². The Morgan fingerprint density at radius 3 is 2.64 bits per heavy atom. The Balaban J connectivity index is 2.33. The summed E-state index contributed by atoms with van der Waals surface area (Å²) in [5.41, 5.74) is 1.66. The van der Waals surface area contributed by atoms with Gasteiger partial charge in [-0.05, 0) is 17.2 Å². The van der Waals surface area contributed by atoms with Crippen LogP contribution in [0.15, 0.2) is 15.9 Å². The fourth-order valence-corrected chi connectivity index (χ4v) is 4.12. The number of Topliss-reactive ketones (excluding diaryl/α,β-unsaturated/α-hetero) is 1. The first-order chi connectivity index (χ1) is 6.57. The van der Waals surface area contributed by atoms with Crippen LogP contribution in [0.5, 0.6) is 0 Å². The van der Waals surface area contributed by atoms with Crippen molar-refractivity contribution in [2.24, 2.45) is 0 Å². The molecule has 0 saturated heterocycles. The minimum atomic E-state index is -3.31. The summed E-state index contributed by atoms with van der Waals surface area (Å²) in [6.07, 6.45) is 0.659. The van der Waals surface area contributed by atoms with E-state index >= 15 is 0 Å². The van der Waals surface area contributed by atoms with Gasteiger partial charge in [-0.25, -0.2) is 8.42 Å². The van der Waals surface area contributed by atoms with E-state index in [1.54, 1.807) is 6.07 Å². The summed E-state index contributed by atoms with van der Waals surface area (Å²) >= 11 is 0. The van der Waals surface area contributed by atoms with E-state index in [9.17, 15) is 13.2 Å². The summed E-state index contributed by atoms with van der Waals surface area (Å²) in [6.45, 7) is -0.638. The van der Waals surface area contributed by atoms with Crippen molar-refractivity contribution in [3.63, 3.8) is 0 Å². The summed E-state index contributed by atoms with van der Waals surface area (Å²) in [7, 11) is -3.31. The van der Waals surface area contributed by atoms with Crippen LogP contribution < -0.4 is 0 Å².